The van der Waals surface area contributed by atoms with Gasteiger partial charge in [-0.2, -0.15) is 0 Å². The second-order valence-corrected chi connectivity index (χ2v) is 5.04. The van der Waals surface area contributed by atoms with Crippen LogP contribution in [0.1, 0.15) is 5.56 Å². The zero-order chi connectivity index (χ0) is 11.5. The predicted molar refractivity (Wildman–Crippen MR) is 65.6 cm³/mol. The van der Waals surface area contributed by atoms with Crippen LogP contribution in [0.25, 0.3) is 0 Å². The summed E-state index contributed by atoms with van der Waals surface area (Å²) in [7, 11) is 0. The van der Waals surface area contributed by atoms with Gasteiger partial charge < -0.3 is 0 Å². The molecule has 2 aromatic rings. The van der Waals surface area contributed by atoms with Gasteiger partial charge in [-0.15, -0.1) is 0 Å². The van der Waals surface area contributed by atoms with Gasteiger partial charge in [0, 0.05) is 12.4 Å². The van der Waals surface area contributed by atoms with Gasteiger partial charge in [-0.25, -0.2) is 19.9 Å². The van der Waals surface area contributed by atoms with Gasteiger partial charge in [-0.05, 0) is 40.2 Å². The summed E-state index contributed by atoms with van der Waals surface area (Å²) >= 11 is 10.5. The maximum absolute atomic E-state index is 5.85. The lowest BCUT2D eigenvalue weighted by Gasteiger charge is -2.02. The van der Waals surface area contributed by atoms with E-state index in [0.717, 1.165) is 5.56 Å². The summed E-state index contributed by atoms with van der Waals surface area (Å²) in [5.74, 6) is 0. The van der Waals surface area contributed by atoms with Crippen LogP contribution in [0.2, 0.25) is 5.15 Å². The number of hydrogen-bond donors (Lipinski definition) is 0. The molecule has 7 heteroatoms. The van der Waals surface area contributed by atoms with Crippen LogP contribution in [0.4, 0.5) is 0 Å². The van der Waals surface area contributed by atoms with Crippen molar-refractivity contribution in [2.24, 2.45) is 0 Å². The largest absolute Gasteiger partial charge is 0.231 e. The molecular formula is C9H6BrClN4S. The smallest absolute Gasteiger partial charge is 0.193 e. The van der Waals surface area contributed by atoms with E-state index in [2.05, 4.69) is 35.9 Å². The fraction of sp³-hybridized carbons (Fsp3) is 0.111. The molecule has 4 nitrogen and oxygen atoms in total. The van der Waals surface area contributed by atoms with E-state index >= 15 is 0 Å². The molecule has 0 unspecified atom stereocenters. The van der Waals surface area contributed by atoms with Gasteiger partial charge in [0.2, 0.25) is 0 Å². The van der Waals surface area contributed by atoms with E-state index in [4.69, 9.17) is 11.6 Å². The fourth-order valence-corrected chi connectivity index (χ4v) is 2.23. The molecule has 0 aromatic carbocycles. The van der Waals surface area contributed by atoms with Gasteiger partial charge in [0.1, 0.15) is 16.5 Å². The van der Waals surface area contributed by atoms with Crippen molar-refractivity contribution in [3.63, 3.8) is 0 Å². The SMILES string of the molecule is Cc1cnc(Sc2ncnc(Cl)c2Br)nc1. The standard InChI is InChI=1S/C9H6BrClN4S/c1-5-2-12-9(13-3-5)16-8-6(10)7(11)14-4-15-8/h2-4H,1H3. The molecule has 82 valence electrons. The maximum Gasteiger partial charge on any atom is 0.193 e. The monoisotopic (exact) mass is 316 g/mol. The Morgan fingerprint density at radius 1 is 1.19 bits per heavy atom. The third-order valence-corrected chi connectivity index (χ3v) is 4.08. The van der Waals surface area contributed by atoms with Gasteiger partial charge in [-0.1, -0.05) is 11.6 Å². The van der Waals surface area contributed by atoms with Crippen molar-refractivity contribution in [1.82, 2.24) is 19.9 Å². The Balaban J connectivity index is 2.27. The molecule has 0 atom stereocenters. The molecular weight excluding hydrogens is 312 g/mol. The number of halogens is 2. The minimum Gasteiger partial charge on any atom is -0.231 e. The fourth-order valence-electron chi connectivity index (χ4n) is 0.925. The first-order valence-electron chi connectivity index (χ1n) is 4.29. The normalized spacial score (nSPS) is 10.4. The summed E-state index contributed by atoms with van der Waals surface area (Å²) in [6.45, 7) is 1.94. The van der Waals surface area contributed by atoms with E-state index in [1.165, 1.54) is 18.1 Å². The first kappa shape index (κ1) is 11.8. The summed E-state index contributed by atoms with van der Waals surface area (Å²) < 4.78 is 0.658. The van der Waals surface area contributed by atoms with Crippen LogP contribution in [0, 0.1) is 6.92 Å². The van der Waals surface area contributed by atoms with Crippen LogP contribution < -0.4 is 0 Å². The zero-order valence-electron chi connectivity index (χ0n) is 8.19. The summed E-state index contributed by atoms with van der Waals surface area (Å²) in [5, 5.41) is 1.70. The zero-order valence-corrected chi connectivity index (χ0v) is 11.3. The minimum absolute atomic E-state index is 0.379. The molecule has 0 spiro atoms. The molecule has 0 aliphatic heterocycles. The van der Waals surface area contributed by atoms with Crippen LogP contribution in [0.5, 0.6) is 0 Å². The van der Waals surface area contributed by atoms with Gasteiger partial charge in [0.05, 0.1) is 4.47 Å². The average Bonchev–Trinajstić information content (AvgIpc) is 2.28. The molecule has 0 saturated carbocycles. The molecule has 0 aliphatic rings. The van der Waals surface area contributed by atoms with Gasteiger partial charge in [0.15, 0.2) is 5.16 Å². The van der Waals surface area contributed by atoms with Crippen molar-refractivity contribution in [3.8, 4) is 0 Å². The lowest BCUT2D eigenvalue weighted by atomic mass is 10.4. The van der Waals surface area contributed by atoms with Crippen molar-refractivity contribution >= 4 is 39.3 Å². The highest BCUT2D eigenvalue weighted by Crippen LogP contribution is 2.32. The van der Waals surface area contributed by atoms with Crippen LogP contribution in [0.3, 0.4) is 0 Å². The first-order valence-corrected chi connectivity index (χ1v) is 6.28. The van der Waals surface area contributed by atoms with E-state index in [-0.39, 0.29) is 0 Å². The molecule has 0 N–H and O–H groups in total. The molecule has 0 saturated heterocycles. The van der Waals surface area contributed by atoms with Gasteiger partial charge in [0.25, 0.3) is 0 Å². The number of rotatable bonds is 2. The van der Waals surface area contributed by atoms with Crippen LogP contribution >= 0.6 is 39.3 Å². The van der Waals surface area contributed by atoms with Gasteiger partial charge in [-0.3, -0.25) is 0 Å². The van der Waals surface area contributed by atoms with Crippen LogP contribution in [-0.2, 0) is 0 Å². The summed E-state index contributed by atoms with van der Waals surface area (Å²) in [5.41, 5.74) is 1.02. The molecule has 2 aromatic heterocycles. The maximum atomic E-state index is 5.85. The minimum atomic E-state index is 0.379. The van der Waals surface area contributed by atoms with E-state index in [0.29, 0.717) is 19.8 Å². The molecule has 0 fully saturated rings. The van der Waals surface area contributed by atoms with Crippen molar-refractivity contribution in [3.05, 3.63) is 33.9 Å². The quantitative estimate of drug-likeness (QED) is 0.629. The number of aromatic nitrogens is 4. The van der Waals surface area contributed by atoms with E-state index in [1.807, 2.05) is 6.92 Å². The van der Waals surface area contributed by atoms with Crippen molar-refractivity contribution < 1.29 is 0 Å². The van der Waals surface area contributed by atoms with Crippen LogP contribution in [0.15, 0.2) is 33.4 Å². The summed E-state index contributed by atoms with van der Waals surface area (Å²) in [6, 6.07) is 0. The van der Waals surface area contributed by atoms with Crippen molar-refractivity contribution in [2.75, 3.05) is 0 Å². The van der Waals surface area contributed by atoms with E-state index in [9.17, 15) is 0 Å². The van der Waals surface area contributed by atoms with Crippen LogP contribution in [-0.4, -0.2) is 19.9 Å². The highest BCUT2D eigenvalue weighted by Gasteiger charge is 2.09. The molecule has 2 rings (SSSR count). The second-order valence-electron chi connectivity index (χ2n) is 2.93. The number of aryl methyl sites for hydroxylation is 1. The first-order chi connectivity index (χ1) is 7.66. The molecule has 0 aliphatic carbocycles. The lowest BCUT2D eigenvalue weighted by Crippen LogP contribution is -1.90. The molecule has 2 heterocycles. The van der Waals surface area contributed by atoms with Crippen molar-refractivity contribution in [1.29, 1.82) is 0 Å². The summed E-state index contributed by atoms with van der Waals surface area (Å²) in [4.78, 5) is 16.3. The highest BCUT2D eigenvalue weighted by atomic mass is 79.9. The molecule has 0 amide bonds. The third kappa shape index (κ3) is 2.69. The third-order valence-electron chi connectivity index (χ3n) is 1.66. The van der Waals surface area contributed by atoms with E-state index in [1.54, 1.807) is 12.4 Å². The Labute approximate surface area is 110 Å². The Hall–Kier alpha value is -0.720. The topological polar surface area (TPSA) is 51.6 Å². The Morgan fingerprint density at radius 3 is 2.56 bits per heavy atom. The predicted octanol–water partition coefficient (Wildman–Crippen LogP) is 3.14. The lowest BCUT2D eigenvalue weighted by molar-refractivity contribution is 0.938. The second kappa shape index (κ2) is 5.07. The van der Waals surface area contributed by atoms with Crippen molar-refractivity contribution in [2.45, 2.75) is 17.1 Å². The van der Waals surface area contributed by atoms with Gasteiger partial charge >= 0.3 is 0 Å². The van der Waals surface area contributed by atoms with E-state index < -0.39 is 0 Å². The molecule has 0 bridgehead atoms. The molecule has 16 heavy (non-hydrogen) atoms. The average molecular weight is 318 g/mol. The summed E-state index contributed by atoms with van der Waals surface area (Å²) in [6.07, 6.45) is 4.92. The highest BCUT2D eigenvalue weighted by molar-refractivity contribution is 9.10. The number of nitrogens with zero attached hydrogens (tertiary/aromatic N) is 4. The Kier molecular flexibility index (Phi) is 3.73. The number of hydrogen-bond acceptors (Lipinski definition) is 5. The Bertz CT molecular complexity index is 505. The molecule has 0 radical (unpaired) electrons. The Morgan fingerprint density at radius 2 is 1.88 bits per heavy atom.